The van der Waals surface area contributed by atoms with E-state index in [1.807, 2.05) is 6.08 Å². The number of fused-ring (bicyclic) bond motifs is 1. The molecule has 3 heteroatoms. The molecule has 2 amide bonds. The number of hydrogen-bond donors (Lipinski definition) is 0. The van der Waals surface area contributed by atoms with Crippen molar-refractivity contribution in [3.8, 4) is 0 Å². The van der Waals surface area contributed by atoms with E-state index in [-0.39, 0.29) is 11.8 Å². The molecule has 0 unspecified atom stereocenters. The molecule has 0 aromatic heterocycles. The van der Waals surface area contributed by atoms with Crippen LogP contribution in [0.15, 0.2) is 59.2 Å². The number of rotatable bonds is 8. The number of carbonyl (C=O) groups excluding carboxylic acids is 2. The van der Waals surface area contributed by atoms with E-state index in [1.165, 1.54) is 21.6 Å². The van der Waals surface area contributed by atoms with E-state index >= 15 is 0 Å². The summed E-state index contributed by atoms with van der Waals surface area (Å²) >= 11 is 0. The van der Waals surface area contributed by atoms with Crippen molar-refractivity contribution in [2.24, 2.45) is 0 Å². The predicted molar refractivity (Wildman–Crippen MR) is 107 cm³/mol. The van der Waals surface area contributed by atoms with Gasteiger partial charge in [0.2, 0.25) is 0 Å². The second-order valence-corrected chi connectivity index (χ2v) is 7.23. The summed E-state index contributed by atoms with van der Waals surface area (Å²) in [6.45, 7) is 8.84. The van der Waals surface area contributed by atoms with Gasteiger partial charge in [-0.1, -0.05) is 47.1 Å². The molecule has 1 aliphatic heterocycles. The van der Waals surface area contributed by atoms with Crippen LogP contribution in [0.3, 0.4) is 0 Å². The maximum atomic E-state index is 12.3. The molecule has 1 heterocycles. The molecule has 1 aromatic carbocycles. The summed E-state index contributed by atoms with van der Waals surface area (Å²) in [5, 5.41) is 0. The standard InChI is InChI=1S/C23H29NO2/c1-17(2)9-7-10-18(3)11-8-12-19(4)15-16-24-22(25)20-13-5-6-14-21(20)23(24)26/h5-6,9,11,13-15H,7-8,10,12,16H2,1-4H3/b18-11+,19-15+. The number of benzene rings is 1. The molecule has 0 saturated carbocycles. The SMILES string of the molecule is CC(C)=CCC/C(C)=C/CC/C(C)=C/CN1C(=O)c2ccccc2C1=O. The zero-order valence-electron chi connectivity index (χ0n) is 16.3. The van der Waals surface area contributed by atoms with E-state index in [0.29, 0.717) is 17.7 Å². The molecule has 0 saturated heterocycles. The quantitative estimate of drug-likeness (QED) is 0.445. The van der Waals surface area contributed by atoms with Crippen molar-refractivity contribution < 1.29 is 9.59 Å². The van der Waals surface area contributed by atoms with Crippen molar-refractivity contribution in [1.82, 2.24) is 4.90 Å². The molecule has 1 aromatic rings. The Balaban J connectivity index is 1.83. The minimum atomic E-state index is -0.190. The van der Waals surface area contributed by atoms with Gasteiger partial charge in [0.15, 0.2) is 0 Å². The molecule has 138 valence electrons. The molecule has 0 aliphatic carbocycles. The first-order chi connectivity index (χ1) is 12.4. The molecular weight excluding hydrogens is 322 g/mol. The number of allylic oxidation sites excluding steroid dienone is 5. The fourth-order valence-electron chi connectivity index (χ4n) is 2.99. The highest BCUT2D eigenvalue weighted by Crippen LogP contribution is 2.22. The minimum Gasteiger partial charge on any atom is -0.270 e. The van der Waals surface area contributed by atoms with E-state index in [2.05, 4.69) is 39.8 Å². The van der Waals surface area contributed by atoms with Crippen molar-refractivity contribution in [3.05, 3.63) is 70.3 Å². The predicted octanol–water partition coefficient (Wildman–Crippen LogP) is 5.70. The summed E-state index contributed by atoms with van der Waals surface area (Å²) in [6.07, 6.45) is 10.7. The number of carbonyl (C=O) groups is 2. The van der Waals surface area contributed by atoms with Gasteiger partial charge in [-0.3, -0.25) is 14.5 Å². The summed E-state index contributed by atoms with van der Waals surface area (Å²) in [5.74, 6) is -0.380. The average Bonchev–Trinajstić information content (AvgIpc) is 2.84. The molecule has 3 nitrogen and oxygen atoms in total. The van der Waals surface area contributed by atoms with Gasteiger partial charge in [0, 0.05) is 6.54 Å². The zero-order chi connectivity index (χ0) is 19.1. The Bertz CT molecular complexity index is 729. The molecule has 0 radical (unpaired) electrons. The Labute approximate surface area is 157 Å². The zero-order valence-corrected chi connectivity index (χ0v) is 16.3. The maximum absolute atomic E-state index is 12.3. The monoisotopic (exact) mass is 351 g/mol. The second-order valence-electron chi connectivity index (χ2n) is 7.23. The lowest BCUT2D eigenvalue weighted by molar-refractivity contribution is 0.0671. The van der Waals surface area contributed by atoms with Crippen LogP contribution >= 0.6 is 0 Å². The van der Waals surface area contributed by atoms with Crippen molar-refractivity contribution >= 4 is 11.8 Å². The third-order valence-electron chi connectivity index (χ3n) is 4.62. The fraction of sp³-hybridized carbons (Fsp3) is 0.391. The van der Waals surface area contributed by atoms with Crippen LogP contribution < -0.4 is 0 Å². The second kappa shape index (κ2) is 9.33. The molecule has 2 rings (SSSR count). The summed E-state index contributed by atoms with van der Waals surface area (Å²) in [5.41, 5.74) is 5.01. The van der Waals surface area contributed by atoms with E-state index < -0.39 is 0 Å². The van der Waals surface area contributed by atoms with Crippen molar-refractivity contribution in [2.45, 2.75) is 53.4 Å². The lowest BCUT2D eigenvalue weighted by Crippen LogP contribution is -2.29. The molecule has 0 bridgehead atoms. The van der Waals surface area contributed by atoms with Crippen molar-refractivity contribution in [2.75, 3.05) is 6.54 Å². The molecular formula is C23H29NO2. The molecule has 0 N–H and O–H groups in total. The summed E-state index contributed by atoms with van der Waals surface area (Å²) in [6, 6.07) is 7.02. The van der Waals surface area contributed by atoms with Crippen LogP contribution in [0.1, 0.15) is 74.1 Å². The Morgan fingerprint density at radius 2 is 1.31 bits per heavy atom. The van der Waals surface area contributed by atoms with E-state index in [1.54, 1.807) is 24.3 Å². The van der Waals surface area contributed by atoms with Crippen LogP contribution in [0.4, 0.5) is 0 Å². The van der Waals surface area contributed by atoms with Crippen molar-refractivity contribution in [1.29, 1.82) is 0 Å². The fourth-order valence-corrected chi connectivity index (χ4v) is 2.99. The highest BCUT2D eigenvalue weighted by Gasteiger charge is 2.34. The first kappa shape index (κ1) is 19.9. The van der Waals surface area contributed by atoms with Crippen LogP contribution in [0, 0.1) is 0 Å². The molecule has 0 fully saturated rings. The van der Waals surface area contributed by atoms with Gasteiger partial charge >= 0.3 is 0 Å². The summed E-state index contributed by atoms with van der Waals surface area (Å²) in [7, 11) is 0. The first-order valence-corrected chi connectivity index (χ1v) is 9.30. The van der Waals surface area contributed by atoms with Gasteiger partial charge in [0.1, 0.15) is 0 Å². The third kappa shape index (κ3) is 5.29. The van der Waals surface area contributed by atoms with Gasteiger partial charge in [-0.25, -0.2) is 0 Å². The summed E-state index contributed by atoms with van der Waals surface area (Å²) in [4.78, 5) is 26.0. The van der Waals surface area contributed by atoms with Gasteiger partial charge in [0.25, 0.3) is 11.8 Å². The Morgan fingerprint density at radius 3 is 1.85 bits per heavy atom. The topological polar surface area (TPSA) is 37.4 Å². The van der Waals surface area contributed by atoms with Crippen LogP contribution in [0.25, 0.3) is 0 Å². The molecule has 0 spiro atoms. The normalized spacial score (nSPS) is 14.7. The number of amides is 2. The van der Waals surface area contributed by atoms with Crippen LogP contribution in [-0.4, -0.2) is 23.3 Å². The first-order valence-electron chi connectivity index (χ1n) is 9.30. The average molecular weight is 351 g/mol. The molecule has 26 heavy (non-hydrogen) atoms. The Morgan fingerprint density at radius 1 is 0.808 bits per heavy atom. The number of nitrogens with zero attached hydrogens (tertiary/aromatic N) is 1. The largest absolute Gasteiger partial charge is 0.270 e. The van der Waals surface area contributed by atoms with Crippen LogP contribution in [0.5, 0.6) is 0 Å². The van der Waals surface area contributed by atoms with Gasteiger partial charge in [-0.15, -0.1) is 0 Å². The van der Waals surface area contributed by atoms with Gasteiger partial charge < -0.3 is 0 Å². The van der Waals surface area contributed by atoms with Crippen LogP contribution in [-0.2, 0) is 0 Å². The van der Waals surface area contributed by atoms with Gasteiger partial charge in [-0.2, -0.15) is 0 Å². The highest BCUT2D eigenvalue weighted by molar-refractivity contribution is 6.21. The van der Waals surface area contributed by atoms with E-state index in [9.17, 15) is 9.59 Å². The molecule has 0 atom stereocenters. The minimum absolute atomic E-state index is 0.190. The number of hydrogen-bond acceptors (Lipinski definition) is 2. The molecule has 1 aliphatic rings. The highest BCUT2D eigenvalue weighted by atomic mass is 16.2. The summed E-state index contributed by atoms with van der Waals surface area (Å²) < 4.78 is 0. The lowest BCUT2D eigenvalue weighted by atomic mass is 10.1. The van der Waals surface area contributed by atoms with E-state index in [4.69, 9.17) is 0 Å². The number of imide groups is 1. The third-order valence-corrected chi connectivity index (χ3v) is 4.62. The van der Waals surface area contributed by atoms with Gasteiger partial charge in [-0.05, 0) is 65.5 Å². The maximum Gasteiger partial charge on any atom is 0.261 e. The van der Waals surface area contributed by atoms with Crippen LogP contribution in [0.2, 0.25) is 0 Å². The van der Waals surface area contributed by atoms with E-state index in [0.717, 1.165) is 25.7 Å². The Hall–Kier alpha value is -2.42. The van der Waals surface area contributed by atoms with Gasteiger partial charge in [0.05, 0.1) is 11.1 Å². The van der Waals surface area contributed by atoms with Crippen molar-refractivity contribution in [3.63, 3.8) is 0 Å². The Kier molecular flexibility index (Phi) is 7.14. The smallest absolute Gasteiger partial charge is 0.261 e. The lowest BCUT2D eigenvalue weighted by Gasteiger charge is -2.11.